The minimum absolute atomic E-state index is 0.00502. The number of amides is 1. The number of anilines is 2. The van der Waals surface area contributed by atoms with Crippen LogP contribution in [-0.2, 0) is 0 Å². The molecule has 2 aromatic carbocycles. The summed E-state index contributed by atoms with van der Waals surface area (Å²) in [5, 5.41) is 6.19. The fourth-order valence-corrected chi connectivity index (χ4v) is 3.81. The van der Waals surface area contributed by atoms with Crippen molar-refractivity contribution in [3.05, 3.63) is 112 Å². The zero-order valence-electron chi connectivity index (χ0n) is 16.9. The molecule has 3 heterocycles. The van der Waals surface area contributed by atoms with Gasteiger partial charge in [0.2, 0.25) is 0 Å². The summed E-state index contributed by atoms with van der Waals surface area (Å²) >= 11 is 0. The number of halogens is 1. The summed E-state index contributed by atoms with van der Waals surface area (Å²) in [4.78, 5) is 29.1. The highest BCUT2D eigenvalue weighted by Gasteiger charge is 2.21. The van der Waals surface area contributed by atoms with E-state index in [0.29, 0.717) is 17.9 Å². The first kappa shape index (κ1) is 19.6. The van der Waals surface area contributed by atoms with Crippen LogP contribution in [0.2, 0.25) is 0 Å². The summed E-state index contributed by atoms with van der Waals surface area (Å²) in [6, 6.07) is 18.2. The Labute approximate surface area is 183 Å². The summed E-state index contributed by atoms with van der Waals surface area (Å²) in [6.07, 6.45) is 5.47. The smallest absolute Gasteiger partial charge is 0.267 e. The largest absolute Gasteiger partial charge is 0.379 e. The van der Waals surface area contributed by atoms with E-state index in [4.69, 9.17) is 0 Å². The summed E-state index contributed by atoms with van der Waals surface area (Å²) in [7, 11) is 0. The van der Waals surface area contributed by atoms with Gasteiger partial charge < -0.3 is 15.6 Å². The van der Waals surface area contributed by atoms with Crippen molar-refractivity contribution in [2.45, 2.75) is 0 Å². The third kappa shape index (κ3) is 3.60. The predicted molar refractivity (Wildman–Crippen MR) is 124 cm³/mol. The van der Waals surface area contributed by atoms with Crippen LogP contribution < -0.4 is 16.2 Å². The fraction of sp³-hybridized carbons (Fsp3) is 0.0400. The minimum atomic E-state index is -0.511. The van der Waals surface area contributed by atoms with Gasteiger partial charge in [0.15, 0.2) is 0 Å². The van der Waals surface area contributed by atoms with Crippen LogP contribution in [0.3, 0.4) is 0 Å². The second kappa shape index (κ2) is 8.03. The van der Waals surface area contributed by atoms with E-state index in [0.717, 1.165) is 22.5 Å². The Morgan fingerprint density at radius 3 is 2.66 bits per heavy atom. The normalized spacial score (nSPS) is 13.6. The first-order valence-corrected chi connectivity index (χ1v) is 10.1. The lowest BCUT2D eigenvalue weighted by Gasteiger charge is -2.11. The lowest BCUT2D eigenvalue weighted by Crippen LogP contribution is -2.28. The van der Waals surface area contributed by atoms with Gasteiger partial charge in [-0.05, 0) is 66.2 Å². The Morgan fingerprint density at radius 1 is 1.03 bits per heavy atom. The molecule has 1 aliphatic heterocycles. The van der Waals surface area contributed by atoms with Crippen LogP contribution >= 0.6 is 0 Å². The second-order valence-corrected chi connectivity index (χ2v) is 7.40. The van der Waals surface area contributed by atoms with Crippen LogP contribution in [0.4, 0.5) is 15.8 Å². The monoisotopic (exact) mass is 426 g/mol. The van der Waals surface area contributed by atoms with Crippen molar-refractivity contribution in [2.75, 3.05) is 17.2 Å². The van der Waals surface area contributed by atoms with Crippen LogP contribution in [0.1, 0.15) is 21.6 Å². The Kier molecular flexibility index (Phi) is 4.91. The van der Waals surface area contributed by atoms with E-state index >= 15 is 0 Å². The van der Waals surface area contributed by atoms with Gasteiger partial charge in [0.05, 0.1) is 11.4 Å². The van der Waals surface area contributed by atoms with Gasteiger partial charge in [-0.2, -0.15) is 0 Å². The van der Waals surface area contributed by atoms with Gasteiger partial charge in [-0.15, -0.1) is 0 Å². The number of pyridine rings is 1. The number of hydrogen-bond donors (Lipinski definition) is 3. The molecule has 0 fully saturated rings. The van der Waals surface area contributed by atoms with Crippen LogP contribution in [0.5, 0.6) is 0 Å². The molecule has 7 heteroatoms. The van der Waals surface area contributed by atoms with Crippen molar-refractivity contribution in [1.29, 1.82) is 0 Å². The van der Waals surface area contributed by atoms with Crippen molar-refractivity contribution >= 4 is 28.9 Å². The maximum Gasteiger partial charge on any atom is 0.267 e. The summed E-state index contributed by atoms with van der Waals surface area (Å²) < 4.78 is 14.6. The molecule has 0 saturated heterocycles. The fourth-order valence-electron chi connectivity index (χ4n) is 3.81. The zero-order chi connectivity index (χ0) is 22.1. The van der Waals surface area contributed by atoms with Crippen molar-refractivity contribution in [1.82, 2.24) is 9.55 Å². The molecule has 0 radical (unpaired) electrons. The average molecular weight is 426 g/mol. The molecule has 1 aliphatic rings. The number of benzene rings is 2. The third-order valence-electron chi connectivity index (χ3n) is 5.36. The number of aromatic nitrogens is 2. The van der Waals surface area contributed by atoms with Crippen LogP contribution in [0.25, 0.3) is 17.3 Å². The maximum absolute atomic E-state index is 13.2. The van der Waals surface area contributed by atoms with Crippen LogP contribution in [0.15, 0.2) is 83.9 Å². The highest BCUT2D eigenvalue weighted by Crippen LogP contribution is 2.37. The molecule has 0 spiro atoms. The summed E-state index contributed by atoms with van der Waals surface area (Å²) in [5.41, 5.74) is 4.49. The molecule has 4 aromatic rings. The lowest BCUT2D eigenvalue weighted by atomic mass is 10.1. The van der Waals surface area contributed by atoms with Crippen LogP contribution in [0, 0.1) is 5.82 Å². The van der Waals surface area contributed by atoms with Crippen molar-refractivity contribution in [2.24, 2.45) is 0 Å². The Morgan fingerprint density at radius 2 is 1.88 bits per heavy atom. The molecule has 0 unspecified atom stereocenters. The molecule has 2 aromatic heterocycles. The number of aromatic amines is 1. The number of carbonyl (C=O) groups excluding carboxylic acids is 1. The molecular weight excluding hydrogens is 407 g/mol. The van der Waals surface area contributed by atoms with Crippen molar-refractivity contribution in [3.63, 3.8) is 0 Å². The standard InChI is InChI=1S/C25H19FN4O2/c26-17-8-10-19(11-9-17)30-13-3-6-21(25(30)32)24(31)29-22-7-1-5-20-16(15-28-23(20)22)14-18-4-2-12-27-18/h1-14,27-28H,15H2,(H,29,31)/b16-14+. The van der Waals surface area contributed by atoms with Gasteiger partial charge in [-0.3, -0.25) is 14.2 Å². The topological polar surface area (TPSA) is 78.9 Å². The Bertz CT molecular complexity index is 1390. The molecule has 158 valence electrons. The van der Waals surface area contributed by atoms with E-state index in [2.05, 4.69) is 21.7 Å². The van der Waals surface area contributed by atoms with Gasteiger partial charge in [0.1, 0.15) is 11.4 Å². The summed E-state index contributed by atoms with van der Waals surface area (Å²) in [6.45, 7) is 0.629. The first-order chi connectivity index (χ1) is 15.6. The number of carbonyl (C=O) groups is 1. The number of nitrogens with one attached hydrogen (secondary N) is 3. The van der Waals surface area contributed by atoms with Gasteiger partial charge in [0.25, 0.3) is 11.5 Å². The predicted octanol–water partition coefficient (Wildman–Crippen LogP) is 4.52. The van der Waals surface area contributed by atoms with Gasteiger partial charge in [-0.1, -0.05) is 12.1 Å². The number of hydrogen-bond acceptors (Lipinski definition) is 3. The second-order valence-electron chi connectivity index (χ2n) is 7.40. The van der Waals surface area contributed by atoms with E-state index in [1.54, 1.807) is 18.3 Å². The van der Waals surface area contributed by atoms with E-state index in [-0.39, 0.29) is 5.56 Å². The molecule has 3 N–H and O–H groups in total. The van der Waals surface area contributed by atoms with E-state index in [1.165, 1.54) is 34.9 Å². The zero-order valence-corrected chi connectivity index (χ0v) is 16.9. The molecule has 6 nitrogen and oxygen atoms in total. The first-order valence-electron chi connectivity index (χ1n) is 10.1. The minimum Gasteiger partial charge on any atom is -0.379 e. The Balaban J connectivity index is 1.45. The van der Waals surface area contributed by atoms with Crippen molar-refractivity contribution < 1.29 is 9.18 Å². The number of nitrogens with zero attached hydrogens (tertiary/aromatic N) is 1. The Hall–Kier alpha value is -4.39. The van der Waals surface area contributed by atoms with Gasteiger partial charge in [-0.25, -0.2) is 4.39 Å². The van der Waals surface area contributed by atoms with Crippen LogP contribution in [-0.4, -0.2) is 22.0 Å². The van der Waals surface area contributed by atoms with Crippen molar-refractivity contribution in [3.8, 4) is 5.69 Å². The van der Waals surface area contributed by atoms with Gasteiger partial charge >= 0.3 is 0 Å². The van der Waals surface area contributed by atoms with Gasteiger partial charge in [0, 0.05) is 35.9 Å². The SMILES string of the molecule is O=C(Nc1cccc2c1NC/C2=C\c1ccc[nH]1)c1cccn(-c2ccc(F)cc2)c1=O. The molecule has 5 rings (SSSR count). The molecule has 0 atom stereocenters. The lowest BCUT2D eigenvalue weighted by molar-refractivity contribution is 0.102. The molecule has 0 bridgehead atoms. The molecule has 1 amide bonds. The van der Waals surface area contributed by atoms with E-state index in [1.807, 2.05) is 30.5 Å². The number of rotatable bonds is 4. The number of H-pyrrole nitrogens is 1. The van der Waals surface area contributed by atoms with E-state index in [9.17, 15) is 14.0 Å². The number of fused-ring (bicyclic) bond motifs is 1. The van der Waals surface area contributed by atoms with E-state index < -0.39 is 17.3 Å². The summed E-state index contributed by atoms with van der Waals surface area (Å²) in [5.74, 6) is -0.908. The highest BCUT2D eigenvalue weighted by molar-refractivity contribution is 6.08. The molecule has 0 saturated carbocycles. The molecule has 0 aliphatic carbocycles. The highest BCUT2D eigenvalue weighted by atomic mass is 19.1. The third-order valence-corrected chi connectivity index (χ3v) is 5.36. The molecular formula is C25H19FN4O2. The number of para-hydroxylation sites is 1. The average Bonchev–Trinajstić information content (AvgIpc) is 3.46. The quantitative estimate of drug-likeness (QED) is 0.449. The molecule has 32 heavy (non-hydrogen) atoms. The maximum atomic E-state index is 13.2.